The quantitative estimate of drug-likeness (QED) is 0.550. The van der Waals surface area contributed by atoms with Gasteiger partial charge in [0.25, 0.3) is 11.8 Å². The molecule has 0 unspecified atom stereocenters. The molecule has 1 heterocycles. The second-order valence-corrected chi connectivity index (χ2v) is 8.78. The Bertz CT molecular complexity index is 1190. The summed E-state index contributed by atoms with van der Waals surface area (Å²) in [5, 5.41) is 2.67. The number of halogens is 2. The van der Waals surface area contributed by atoms with Crippen LogP contribution in [0.3, 0.4) is 0 Å². The number of hydrogen-bond donors (Lipinski definition) is 1. The lowest BCUT2D eigenvalue weighted by Gasteiger charge is -2.35. The van der Waals surface area contributed by atoms with Gasteiger partial charge in [0, 0.05) is 36.2 Å². The van der Waals surface area contributed by atoms with Crippen molar-refractivity contribution in [3.63, 3.8) is 0 Å². The van der Waals surface area contributed by atoms with Gasteiger partial charge in [0.2, 0.25) is 5.91 Å². The lowest BCUT2D eigenvalue weighted by Crippen LogP contribution is -2.52. The van der Waals surface area contributed by atoms with Crippen molar-refractivity contribution < 1.29 is 18.8 Å². The minimum atomic E-state index is -0.481. The Morgan fingerprint density at radius 2 is 1.44 bits per heavy atom. The highest BCUT2D eigenvalue weighted by atomic mass is 79.9. The van der Waals surface area contributed by atoms with Crippen LogP contribution in [0.15, 0.2) is 77.3 Å². The van der Waals surface area contributed by atoms with Crippen LogP contribution in [0.1, 0.15) is 20.7 Å². The maximum atomic E-state index is 13.5. The molecule has 34 heavy (non-hydrogen) atoms. The predicted molar refractivity (Wildman–Crippen MR) is 131 cm³/mol. The second-order valence-electron chi connectivity index (χ2n) is 7.92. The van der Waals surface area contributed by atoms with E-state index in [2.05, 4.69) is 21.2 Å². The first-order valence-electron chi connectivity index (χ1n) is 10.9. The zero-order valence-corrected chi connectivity index (χ0v) is 19.9. The number of nitrogens with zero attached hydrogens (tertiary/aromatic N) is 2. The highest BCUT2D eigenvalue weighted by molar-refractivity contribution is 9.10. The minimum absolute atomic E-state index is 0.122. The molecule has 8 heteroatoms. The molecule has 3 aromatic carbocycles. The first-order valence-corrected chi connectivity index (χ1v) is 11.7. The zero-order chi connectivity index (χ0) is 24.1. The number of amides is 3. The molecule has 1 saturated heterocycles. The van der Waals surface area contributed by atoms with Crippen molar-refractivity contribution in [1.29, 1.82) is 0 Å². The molecule has 0 saturated carbocycles. The molecule has 0 aliphatic carbocycles. The first-order chi connectivity index (χ1) is 16.4. The normalized spacial score (nSPS) is 13.5. The van der Waals surface area contributed by atoms with Crippen molar-refractivity contribution in [2.75, 3.05) is 32.7 Å². The Morgan fingerprint density at radius 1 is 0.824 bits per heavy atom. The molecule has 1 aliphatic heterocycles. The summed E-state index contributed by atoms with van der Waals surface area (Å²) < 4.78 is 14.1. The number of rotatable bonds is 5. The predicted octanol–water partition coefficient (Wildman–Crippen LogP) is 3.97. The van der Waals surface area contributed by atoms with Gasteiger partial charge in [0.1, 0.15) is 5.82 Å². The number of benzene rings is 3. The molecule has 0 radical (unpaired) electrons. The first kappa shape index (κ1) is 23.6. The van der Waals surface area contributed by atoms with Crippen LogP contribution >= 0.6 is 15.9 Å². The SMILES string of the molecule is O=C(NCC(=O)N1CCN(C(=O)c2cc(F)ccc2Br)CC1)c1ccc(-c2ccccc2)cc1. The summed E-state index contributed by atoms with van der Waals surface area (Å²) in [5.41, 5.74) is 2.80. The monoisotopic (exact) mass is 523 g/mol. The maximum absolute atomic E-state index is 13.5. The van der Waals surface area contributed by atoms with E-state index in [-0.39, 0.29) is 29.8 Å². The van der Waals surface area contributed by atoms with Gasteiger partial charge in [0.15, 0.2) is 0 Å². The van der Waals surface area contributed by atoms with Gasteiger partial charge in [-0.25, -0.2) is 4.39 Å². The standard InChI is InChI=1S/C26H23BrFN3O3/c27-23-11-10-21(28)16-22(23)26(34)31-14-12-30(13-15-31)24(32)17-29-25(33)20-8-6-19(7-9-20)18-4-2-1-3-5-18/h1-11,16H,12-15,17H2,(H,29,33). The topological polar surface area (TPSA) is 69.7 Å². The van der Waals surface area contributed by atoms with Gasteiger partial charge in [-0.2, -0.15) is 0 Å². The molecule has 1 fully saturated rings. The minimum Gasteiger partial charge on any atom is -0.343 e. The van der Waals surface area contributed by atoms with Gasteiger partial charge < -0.3 is 15.1 Å². The fraction of sp³-hybridized carbons (Fsp3) is 0.192. The van der Waals surface area contributed by atoms with Crippen molar-refractivity contribution in [3.8, 4) is 11.1 Å². The van der Waals surface area contributed by atoms with Crippen molar-refractivity contribution >= 4 is 33.7 Å². The lowest BCUT2D eigenvalue weighted by molar-refractivity contribution is -0.131. The van der Waals surface area contributed by atoms with E-state index in [1.165, 1.54) is 18.2 Å². The summed E-state index contributed by atoms with van der Waals surface area (Å²) in [4.78, 5) is 40.9. The number of carbonyl (C=O) groups excluding carboxylic acids is 3. The molecule has 6 nitrogen and oxygen atoms in total. The van der Waals surface area contributed by atoms with Gasteiger partial charge in [0.05, 0.1) is 12.1 Å². The van der Waals surface area contributed by atoms with E-state index in [1.807, 2.05) is 42.5 Å². The van der Waals surface area contributed by atoms with E-state index >= 15 is 0 Å². The Hall–Kier alpha value is -3.52. The Morgan fingerprint density at radius 3 is 2.12 bits per heavy atom. The second kappa shape index (κ2) is 10.6. The third-order valence-electron chi connectivity index (χ3n) is 5.73. The molecule has 1 N–H and O–H groups in total. The van der Waals surface area contributed by atoms with Crippen molar-refractivity contribution in [2.24, 2.45) is 0 Å². The molecule has 0 spiro atoms. The van der Waals surface area contributed by atoms with Gasteiger partial charge in [-0.3, -0.25) is 14.4 Å². The van der Waals surface area contributed by atoms with E-state index in [0.717, 1.165) is 11.1 Å². The fourth-order valence-corrected chi connectivity index (χ4v) is 4.22. The molecule has 0 atom stereocenters. The number of carbonyl (C=O) groups is 3. The van der Waals surface area contributed by atoms with Crippen LogP contribution in [-0.2, 0) is 4.79 Å². The van der Waals surface area contributed by atoms with Gasteiger partial charge in [-0.1, -0.05) is 42.5 Å². The van der Waals surface area contributed by atoms with Crippen LogP contribution in [0, 0.1) is 5.82 Å². The molecular formula is C26H23BrFN3O3. The molecule has 174 valence electrons. The molecule has 1 aliphatic rings. The summed E-state index contributed by atoms with van der Waals surface area (Å²) in [6.45, 7) is 1.24. The molecular weight excluding hydrogens is 501 g/mol. The Kier molecular flexibility index (Phi) is 7.37. The largest absolute Gasteiger partial charge is 0.343 e. The summed E-state index contributed by atoms with van der Waals surface area (Å²) in [6.07, 6.45) is 0. The van der Waals surface area contributed by atoms with E-state index in [4.69, 9.17) is 0 Å². The highest BCUT2D eigenvalue weighted by Crippen LogP contribution is 2.21. The number of hydrogen-bond acceptors (Lipinski definition) is 3. The van der Waals surface area contributed by atoms with Gasteiger partial charge in [-0.15, -0.1) is 0 Å². The van der Waals surface area contributed by atoms with E-state index < -0.39 is 5.82 Å². The number of nitrogens with one attached hydrogen (secondary N) is 1. The average Bonchev–Trinajstić information content (AvgIpc) is 2.88. The number of piperazine rings is 1. The van der Waals surface area contributed by atoms with Crippen molar-refractivity contribution in [1.82, 2.24) is 15.1 Å². The van der Waals surface area contributed by atoms with Gasteiger partial charge in [-0.05, 0) is 57.4 Å². The average molecular weight is 524 g/mol. The summed E-state index contributed by atoms with van der Waals surface area (Å²) in [6, 6.07) is 21.1. The Balaban J connectivity index is 1.27. The summed E-state index contributed by atoms with van der Waals surface area (Å²) in [7, 11) is 0. The zero-order valence-electron chi connectivity index (χ0n) is 18.3. The molecule has 3 aromatic rings. The smallest absolute Gasteiger partial charge is 0.255 e. The van der Waals surface area contributed by atoms with Crippen LogP contribution in [0.2, 0.25) is 0 Å². The van der Waals surface area contributed by atoms with Crippen molar-refractivity contribution in [2.45, 2.75) is 0 Å². The maximum Gasteiger partial charge on any atom is 0.255 e. The highest BCUT2D eigenvalue weighted by Gasteiger charge is 2.26. The summed E-state index contributed by atoms with van der Waals surface area (Å²) in [5.74, 6) is -1.30. The third-order valence-corrected chi connectivity index (χ3v) is 6.42. The van der Waals surface area contributed by atoms with Crippen LogP contribution in [-0.4, -0.2) is 60.2 Å². The molecule has 3 amide bonds. The Labute approximate surface area is 205 Å². The van der Waals surface area contributed by atoms with Crippen LogP contribution in [0.5, 0.6) is 0 Å². The van der Waals surface area contributed by atoms with E-state index in [1.54, 1.807) is 21.9 Å². The van der Waals surface area contributed by atoms with Crippen LogP contribution in [0.4, 0.5) is 4.39 Å². The lowest BCUT2D eigenvalue weighted by atomic mass is 10.0. The third kappa shape index (κ3) is 5.51. The molecule has 0 bridgehead atoms. The van der Waals surface area contributed by atoms with Crippen LogP contribution < -0.4 is 5.32 Å². The van der Waals surface area contributed by atoms with Crippen LogP contribution in [0.25, 0.3) is 11.1 Å². The van der Waals surface area contributed by atoms with Crippen molar-refractivity contribution in [3.05, 3.63) is 94.2 Å². The van der Waals surface area contributed by atoms with E-state index in [0.29, 0.717) is 36.2 Å². The van der Waals surface area contributed by atoms with Gasteiger partial charge >= 0.3 is 0 Å². The van der Waals surface area contributed by atoms with E-state index in [9.17, 15) is 18.8 Å². The molecule has 4 rings (SSSR count). The summed E-state index contributed by atoms with van der Waals surface area (Å²) >= 11 is 3.28. The molecule has 0 aromatic heterocycles. The fourth-order valence-electron chi connectivity index (χ4n) is 3.81.